The average Bonchev–Trinajstić information content (AvgIpc) is 2.83. The van der Waals surface area contributed by atoms with Crippen LogP contribution in [0.3, 0.4) is 0 Å². The molecule has 0 spiro atoms. The molecule has 1 aromatic carbocycles. The van der Waals surface area contributed by atoms with E-state index in [1.807, 2.05) is 36.5 Å². The highest BCUT2D eigenvalue weighted by atomic mass is 16.5. The summed E-state index contributed by atoms with van der Waals surface area (Å²) in [6.45, 7) is 0.655. The van der Waals surface area contributed by atoms with Crippen molar-refractivity contribution >= 4 is 0 Å². The highest BCUT2D eigenvalue weighted by Gasteiger charge is 2.21. The minimum Gasteiger partial charge on any atom is -0.493 e. The maximum atomic E-state index is 6.07. The number of pyridine rings is 1. The largest absolute Gasteiger partial charge is 0.493 e. The first-order valence-electron chi connectivity index (χ1n) is 6.74. The Morgan fingerprint density at radius 3 is 3.00 bits per heavy atom. The predicted molar refractivity (Wildman–Crippen MR) is 75.1 cm³/mol. The summed E-state index contributed by atoms with van der Waals surface area (Å²) in [5.41, 5.74) is 9.66. The van der Waals surface area contributed by atoms with Crippen molar-refractivity contribution in [3.05, 3.63) is 59.4 Å². The van der Waals surface area contributed by atoms with Gasteiger partial charge in [0.2, 0.25) is 0 Å². The van der Waals surface area contributed by atoms with E-state index >= 15 is 0 Å². The summed E-state index contributed by atoms with van der Waals surface area (Å²) in [6, 6.07) is 12.3. The van der Waals surface area contributed by atoms with Crippen molar-refractivity contribution in [1.29, 1.82) is 0 Å². The maximum Gasteiger partial charge on any atom is 0.122 e. The van der Waals surface area contributed by atoms with Crippen LogP contribution in [-0.2, 0) is 12.8 Å². The Kier molecular flexibility index (Phi) is 3.47. The molecule has 1 unspecified atom stereocenters. The molecule has 2 N–H and O–H groups in total. The van der Waals surface area contributed by atoms with Crippen LogP contribution < -0.4 is 10.5 Å². The lowest BCUT2D eigenvalue weighted by Crippen LogP contribution is -2.06. The van der Waals surface area contributed by atoms with Crippen LogP contribution >= 0.6 is 0 Å². The van der Waals surface area contributed by atoms with Crippen LogP contribution in [0.4, 0.5) is 0 Å². The zero-order chi connectivity index (χ0) is 13.1. The van der Waals surface area contributed by atoms with Gasteiger partial charge in [0, 0.05) is 24.4 Å². The first kappa shape index (κ1) is 12.2. The molecule has 0 aliphatic heterocycles. The van der Waals surface area contributed by atoms with Gasteiger partial charge in [0.15, 0.2) is 0 Å². The molecule has 1 aromatic heterocycles. The molecule has 0 amide bonds. The lowest BCUT2D eigenvalue weighted by atomic mass is 10.1. The number of rotatable bonds is 4. The summed E-state index contributed by atoms with van der Waals surface area (Å²) >= 11 is 0. The molecule has 0 fully saturated rings. The molecule has 3 nitrogen and oxygen atoms in total. The Morgan fingerprint density at radius 1 is 1.21 bits per heavy atom. The molecule has 0 saturated heterocycles. The second kappa shape index (κ2) is 5.41. The molecule has 0 saturated carbocycles. The number of benzene rings is 1. The van der Waals surface area contributed by atoms with Gasteiger partial charge in [-0.3, -0.25) is 4.98 Å². The molecule has 0 radical (unpaired) electrons. The Bertz CT molecular complexity index is 554. The van der Waals surface area contributed by atoms with Gasteiger partial charge in [0.1, 0.15) is 5.75 Å². The van der Waals surface area contributed by atoms with E-state index in [1.165, 1.54) is 11.1 Å². The third-order valence-electron chi connectivity index (χ3n) is 3.62. The predicted octanol–water partition coefficient (Wildman–Crippen LogP) is 2.65. The Labute approximate surface area is 113 Å². The third-order valence-corrected chi connectivity index (χ3v) is 3.62. The number of nitrogens with two attached hydrogens (primary N) is 1. The molecule has 1 heterocycles. The first-order chi connectivity index (χ1) is 9.34. The Balaban J connectivity index is 1.65. The first-order valence-corrected chi connectivity index (χ1v) is 6.74. The van der Waals surface area contributed by atoms with Crippen molar-refractivity contribution < 1.29 is 4.74 Å². The fourth-order valence-corrected chi connectivity index (χ4v) is 2.60. The minimum atomic E-state index is 0.175. The van der Waals surface area contributed by atoms with Crippen LogP contribution in [0.5, 0.6) is 5.75 Å². The van der Waals surface area contributed by atoms with E-state index in [1.54, 1.807) is 0 Å². The normalized spacial score (nSPS) is 17.2. The summed E-state index contributed by atoms with van der Waals surface area (Å²) < 4.78 is 5.91. The van der Waals surface area contributed by atoms with Crippen molar-refractivity contribution in [2.45, 2.75) is 25.3 Å². The fraction of sp³-hybridized carbons (Fsp3) is 0.312. The molecular weight excluding hydrogens is 236 g/mol. The van der Waals surface area contributed by atoms with Crippen LogP contribution in [0.1, 0.15) is 29.3 Å². The van der Waals surface area contributed by atoms with Crippen LogP contribution in [0.25, 0.3) is 0 Å². The van der Waals surface area contributed by atoms with E-state index < -0.39 is 0 Å². The van der Waals surface area contributed by atoms with Gasteiger partial charge in [-0.25, -0.2) is 0 Å². The highest BCUT2D eigenvalue weighted by Crippen LogP contribution is 2.35. The van der Waals surface area contributed by atoms with Gasteiger partial charge in [-0.2, -0.15) is 0 Å². The summed E-state index contributed by atoms with van der Waals surface area (Å²) in [5.74, 6) is 0.987. The molecule has 1 aliphatic rings. The minimum absolute atomic E-state index is 0.175. The van der Waals surface area contributed by atoms with E-state index in [2.05, 4.69) is 11.1 Å². The fourth-order valence-electron chi connectivity index (χ4n) is 2.60. The smallest absolute Gasteiger partial charge is 0.122 e. The second-order valence-corrected chi connectivity index (χ2v) is 4.89. The molecule has 1 aliphatic carbocycles. The van der Waals surface area contributed by atoms with Crippen molar-refractivity contribution in [1.82, 2.24) is 4.98 Å². The van der Waals surface area contributed by atoms with Crippen molar-refractivity contribution in [3.63, 3.8) is 0 Å². The average molecular weight is 254 g/mol. The highest BCUT2D eigenvalue weighted by molar-refractivity contribution is 5.44. The summed E-state index contributed by atoms with van der Waals surface area (Å²) in [5, 5.41) is 0. The Morgan fingerprint density at radius 2 is 2.16 bits per heavy atom. The molecule has 0 bridgehead atoms. The second-order valence-electron chi connectivity index (χ2n) is 4.89. The number of aromatic nitrogens is 1. The van der Waals surface area contributed by atoms with E-state index in [0.29, 0.717) is 6.61 Å². The SMILES string of the molecule is NC1CCc2c(OCCc3ccccn3)cccc21. The number of hydrogen-bond acceptors (Lipinski definition) is 3. The van der Waals surface area contributed by atoms with Crippen molar-refractivity contribution in [2.24, 2.45) is 5.73 Å². The van der Waals surface area contributed by atoms with Crippen LogP contribution in [0.15, 0.2) is 42.6 Å². The number of hydrogen-bond donors (Lipinski definition) is 1. The van der Waals surface area contributed by atoms with Gasteiger partial charge in [0.05, 0.1) is 6.61 Å². The van der Waals surface area contributed by atoms with Gasteiger partial charge < -0.3 is 10.5 Å². The number of fused-ring (bicyclic) bond motifs is 1. The van der Waals surface area contributed by atoms with Crippen LogP contribution in [-0.4, -0.2) is 11.6 Å². The van der Waals surface area contributed by atoms with Crippen molar-refractivity contribution in [3.8, 4) is 5.75 Å². The summed E-state index contributed by atoms with van der Waals surface area (Å²) in [7, 11) is 0. The van der Waals surface area contributed by atoms with Crippen LogP contribution in [0.2, 0.25) is 0 Å². The van der Waals surface area contributed by atoms with Crippen molar-refractivity contribution in [2.75, 3.05) is 6.61 Å². The molecule has 3 rings (SSSR count). The molecule has 1 atom stereocenters. The molecular formula is C16H18N2O. The lowest BCUT2D eigenvalue weighted by molar-refractivity contribution is 0.317. The molecule has 2 aromatic rings. The zero-order valence-electron chi connectivity index (χ0n) is 10.9. The summed E-state index contributed by atoms with van der Waals surface area (Å²) in [6.07, 6.45) is 4.69. The molecule has 98 valence electrons. The number of nitrogens with zero attached hydrogens (tertiary/aromatic N) is 1. The lowest BCUT2D eigenvalue weighted by Gasteiger charge is -2.11. The van der Waals surface area contributed by atoms with E-state index in [9.17, 15) is 0 Å². The topological polar surface area (TPSA) is 48.1 Å². The zero-order valence-corrected chi connectivity index (χ0v) is 10.9. The third kappa shape index (κ3) is 2.61. The van der Waals surface area contributed by atoms with Gasteiger partial charge in [-0.15, -0.1) is 0 Å². The van der Waals surface area contributed by atoms with E-state index in [-0.39, 0.29) is 6.04 Å². The molecule has 3 heteroatoms. The Hall–Kier alpha value is -1.87. The van der Waals surface area contributed by atoms with Gasteiger partial charge in [0.25, 0.3) is 0 Å². The monoisotopic (exact) mass is 254 g/mol. The maximum absolute atomic E-state index is 6.07. The summed E-state index contributed by atoms with van der Waals surface area (Å²) in [4.78, 5) is 4.29. The standard InChI is InChI=1S/C16H18N2O/c17-15-8-7-14-13(15)5-3-6-16(14)19-11-9-12-4-1-2-10-18-12/h1-6,10,15H,7-9,11,17H2. The van der Waals surface area contributed by atoms with E-state index in [0.717, 1.165) is 30.7 Å². The molecule has 19 heavy (non-hydrogen) atoms. The quantitative estimate of drug-likeness (QED) is 0.912. The number of ether oxygens (including phenoxy) is 1. The van der Waals surface area contributed by atoms with Gasteiger partial charge >= 0.3 is 0 Å². The van der Waals surface area contributed by atoms with Gasteiger partial charge in [-0.05, 0) is 42.2 Å². The van der Waals surface area contributed by atoms with E-state index in [4.69, 9.17) is 10.5 Å². The van der Waals surface area contributed by atoms with Gasteiger partial charge in [-0.1, -0.05) is 18.2 Å². The van der Waals surface area contributed by atoms with Crippen LogP contribution in [0, 0.1) is 0 Å².